The zero-order chi connectivity index (χ0) is 26.0. The Bertz CT molecular complexity index is 1370. The van der Waals surface area contributed by atoms with Gasteiger partial charge in [-0.1, -0.05) is 30.3 Å². The number of carbonyl (C=O) groups is 1. The van der Waals surface area contributed by atoms with Crippen molar-refractivity contribution in [2.75, 3.05) is 30.8 Å². The first kappa shape index (κ1) is 25.0. The number of benzene rings is 2. The Hall–Kier alpha value is -3.66. The maximum Gasteiger partial charge on any atom is 0.410 e. The van der Waals surface area contributed by atoms with E-state index in [0.717, 1.165) is 23.2 Å². The van der Waals surface area contributed by atoms with Crippen LogP contribution in [-0.4, -0.2) is 61.4 Å². The second kappa shape index (κ2) is 10.4. The second-order valence-corrected chi connectivity index (χ2v) is 11.4. The van der Waals surface area contributed by atoms with E-state index >= 15 is 0 Å². The minimum Gasteiger partial charge on any atom is -0.474 e. The van der Waals surface area contributed by atoms with Gasteiger partial charge < -0.3 is 19.3 Å². The van der Waals surface area contributed by atoms with Crippen molar-refractivity contribution < 1.29 is 22.7 Å². The highest BCUT2D eigenvalue weighted by Crippen LogP contribution is 2.35. The van der Waals surface area contributed by atoms with Gasteiger partial charge in [-0.15, -0.1) is 0 Å². The average Bonchev–Trinajstić information content (AvgIpc) is 3.33. The van der Waals surface area contributed by atoms with Crippen LogP contribution in [0.4, 0.5) is 16.3 Å². The first-order valence-corrected chi connectivity index (χ1v) is 14.3. The van der Waals surface area contributed by atoms with E-state index in [0.29, 0.717) is 49.1 Å². The minimum atomic E-state index is -3.25. The van der Waals surface area contributed by atoms with Crippen molar-refractivity contribution in [1.29, 1.82) is 0 Å². The maximum absolute atomic E-state index is 12.6. The van der Waals surface area contributed by atoms with E-state index < -0.39 is 9.84 Å². The van der Waals surface area contributed by atoms with Gasteiger partial charge in [0.1, 0.15) is 24.4 Å². The number of nitrogens with zero attached hydrogens (tertiary/aromatic N) is 4. The molecular formula is C27H30N4O5S. The van der Waals surface area contributed by atoms with Crippen molar-refractivity contribution in [3.8, 4) is 5.88 Å². The molecule has 2 aromatic carbocycles. The van der Waals surface area contributed by atoms with Crippen LogP contribution in [0.1, 0.15) is 37.0 Å². The molecule has 1 amide bonds. The quantitative estimate of drug-likeness (QED) is 0.472. The number of sulfone groups is 1. The second-order valence-electron chi connectivity index (χ2n) is 9.42. The standard InChI is InChI=1S/C27H30N4O5S/c1-19(20-6-4-3-5-7-20)35-27(32)30-13-11-22(12-14-30)36-26-17-25(28-18-29-26)31-15-10-21-16-23(37(2,33)34)8-9-24(21)31/h3-9,16-19,22H,10-15H2,1-2H3. The van der Waals surface area contributed by atoms with Gasteiger partial charge in [-0.2, -0.15) is 0 Å². The number of piperidine rings is 1. The average molecular weight is 523 g/mol. The lowest BCUT2D eigenvalue weighted by atomic mass is 10.1. The normalized spacial score (nSPS) is 16.8. The molecule has 5 rings (SSSR count). The summed E-state index contributed by atoms with van der Waals surface area (Å²) in [5, 5.41) is 0. The molecule has 0 radical (unpaired) electrons. The van der Waals surface area contributed by atoms with Crippen LogP contribution in [0.2, 0.25) is 0 Å². The van der Waals surface area contributed by atoms with Crippen LogP contribution in [0.5, 0.6) is 5.88 Å². The van der Waals surface area contributed by atoms with Crippen LogP contribution in [-0.2, 0) is 21.0 Å². The highest BCUT2D eigenvalue weighted by molar-refractivity contribution is 7.90. The molecular weight excluding hydrogens is 492 g/mol. The van der Waals surface area contributed by atoms with E-state index in [-0.39, 0.29) is 18.3 Å². The minimum absolute atomic E-state index is 0.0680. The number of carbonyl (C=O) groups excluding carboxylic acids is 1. The SMILES string of the molecule is CC(OC(=O)N1CCC(Oc2cc(N3CCc4cc(S(C)(=O)=O)ccc43)ncn2)CC1)c1ccccc1. The van der Waals surface area contributed by atoms with Gasteiger partial charge in [0.25, 0.3) is 0 Å². The third-order valence-corrected chi connectivity index (χ3v) is 7.92. The number of ether oxygens (including phenoxy) is 2. The third kappa shape index (κ3) is 5.69. The predicted molar refractivity (Wildman–Crippen MR) is 139 cm³/mol. The van der Waals surface area contributed by atoms with Crippen LogP contribution in [0.3, 0.4) is 0 Å². The Morgan fingerprint density at radius 3 is 2.51 bits per heavy atom. The summed E-state index contributed by atoms with van der Waals surface area (Å²) in [6, 6.07) is 16.7. The van der Waals surface area contributed by atoms with E-state index in [1.54, 1.807) is 17.0 Å². The monoisotopic (exact) mass is 522 g/mol. The Kier molecular flexibility index (Phi) is 7.01. The van der Waals surface area contributed by atoms with Crippen molar-refractivity contribution in [1.82, 2.24) is 14.9 Å². The van der Waals surface area contributed by atoms with Crippen LogP contribution in [0.15, 0.2) is 65.8 Å². The van der Waals surface area contributed by atoms with Gasteiger partial charge in [0.05, 0.1) is 4.90 Å². The van der Waals surface area contributed by atoms with E-state index in [9.17, 15) is 13.2 Å². The fourth-order valence-corrected chi connectivity index (χ4v) is 5.41. The van der Waals surface area contributed by atoms with Crippen molar-refractivity contribution in [2.45, 2.75) is 43.3 Å². The number of aromatic nitrogens is 2. The lowest BCUT2D eigenvalue weighted by Gasteiger charge is -2.32. The number of rotatable bonds is 6. The Labute approximate surface area is 217 Å². The molecule has 194 valence electrons. The van der Waals surface area contributed by atoms with Gasteiger partial charge >= 0.3 is 6.09 Å². The van der Waals surface area contributed by atoms with E-state index in [2.05, 4.69) is 9.97 Å². The first-order valence-electron chi connectivity index (χ1n) is 12.4. The molecule has 1 fully saturated rings. The zero-order valence-corrected chi connectivity index (χ0v) is 21.7. The van der Waals surface area contributed by atoms with Crippen molar-refractivity contribution >= 4 is 27.4 Å². The number of likely N-dealkylation sites (tertiary alicyclic amines) is 1. The first-order chi connectivity index (χ1) is 17.8. The number of amides is 1. The molecule has 0 aliphatic carbocycles. The molecule has 10 heteroatoms. The molecule has 0 N–H and O–H groups in total. The molecule has 3 heterocycles. The molecule has 1 saturated heterocycles. The summed E-state index contributed by atoms with van der Waals surface area (Å²) in [6.45, 7) is 3.66. The largest absolute Gasteiger partial charge is 0.474 e. The summed E-state index contributed by atoms with van der Waals surface area (Å²) in [4.78, 5) is 25.4. The van der Waals surface area contributed by atoms with Gasteiger partial charge in [-0.3, -0.25) is 0 Å². The zero-order valence-electron chi connectivity index (χ0n) is 20.9. The summed E-state index contributed by atoms with van der Waals surface area (Å²) in [7, 11) is -3.25. The summed E-state index contributed by atoms with van der Waals surface area (Å²) in [6.07, 6.45) is 4.09. The van der Waals surface area contributed by atoms with Gasteiger partial charge in [-0.25, -0.2) is 23.2 Å². The predicted octanol–water partition coefficient (Wildman–Crippen LogP) is 4.32. The number of hydrogen-bond donors (Lipinski definition) is 0. The van der Waals surface area contributed by atoms with E-state index in [1.165, 1.54) is 12.6 Å². The highest BCUT2D eigenvalue weighted by Gasteiger charge is 2.28. The molecule has 1 atom stereocenters. The molecule has 3 aromatic rings. The molecule has 2 aliphatic heterocycles. The molecule has 0 spiro atoms. The topological polar surface area (TPSA) is 102 Å². The third-order valence-electron chi connectivity index (χ3n) is 6.81. The molecule has 1 unspecified atom stereocenters. The summed E-state index contributed by atoms with van der Waals surface area (Å²) in [5.74, 6) is 1.18. The van der Waals surface area contributed by atoms with Crippen LogP contribution < -0.4 is 9.64 Å². The van der Waals surface area contributed by atoms with Crippen LogP contribution in [0, 0.1) is 0 Å². The van der Waals surface area contributed by atoms with Crippen LogP contribution in [0.25, 0.3) is 0 Å². The highest BCUT2D eigenvalue weighted by atomic mass is 32.2. The van der Waals surface area contributed by atoms with Crippen molar-refractivity contribution in [3.05, 3.63) is 72.1 Å². The lowest BCUT2D eigenvalue weighted by molar-refractivity contribution is 0.0458. The van der Waals surface area contributed by atoms with Crippen LogP contribution >= 0.6 is 0 Å². The Morgan fingerprint density at radius 1 is 1.03 bits per heavy atom. The van der Waals surface area contributed by atoms with Gasteiger partial charge in [0.2, 0.25) is 5.88 Å². The summed E-state index contributed by atoms with van der Waals surface area (Å²) >= 11 is 0. The molecule has 9 nitrogen and oxygen atoms in total. The molecule has 2 aliphatic rings. The van der Waals surface area contributed by atoms with Gasteiger partial charge in [0, 0.05) is 50.5 Å². The fraction of sp³-hybridized carbons (Fsp3) is 0.370. The van der Waals surface area contributed by atoms with Crippen molar-refractivity contribution in [3.63, 3.8) is 0 Å². The lowest BCUT2D eigenvalue weighted by Crippen LogP contribution is -2.42. The summed E-state index contributed by atoms with van der Waals surface area (Å²) in [5.41, 5.74) is 2.88. The molecule has 0 bridgehead atoms. The smallest absolute Gasteiger partial charge is 0.410 e. The summed E-state index contributed by atoms with van der Waals surface area (Å²) < 4.78 is 35.6. The number of hydrogen-bond acceptors (Lipinski definition) is 8. The van der Waals surface area contributed by atoms with Gasteiger partial charge in [0.15, 0.2) is 9.84 Å². The number of fused-ring (bicyclic) bond motifs is 1. The molecule has 1 aromatic heterocycles. The molecule has 37 heavy (non-hydrogen) atoms. The van der Waals surface area contributed by atoms with E-state index in [4.69, 9.17) is 9.47 Å². The maximum atomic E-state index is 12.6. The number of anilines is 2. The van der Waals surface area contributed by atoms with Crippen molar-refractivity contribution in [2.24, 2.45) is 0 Å². The van der Waals surface area contributed by atoms with E-state index in [1.807, 2.05) is 54.3 Å². The van der Waals surface area contributed by atoms with Gasteiger partial charge in [-0.05, 0) is 42.7 Å². The Morgan fingerprint density at radius 2 is 1.78 bits per heavy atom. The Balaban J connectivity index is 1.18. The fourth-order valence-electron chi connectivity index (χ4n) is 4.73. The molecule has 0 saturated carbocycles.